The van der Waals surface area contributed by atoms with Crippen LogP contribution in [-0.4, -0.2) is 67.8 Å². The Morgan fingerprint density at radius 3 is 2.18 bits per heavy atom. The Kier molecular flexibility index (Phi) is 24.4. The minimum Gasteiger partial charge on any atom is -0.373 e. The molecule has 2 atom stereocenters. The maximum absolute atomic E-state index is 13.5. The third kappa shape index (κ3) is 17.8. The van der Waals surface area contributed by atoms with Crippen LogP contribution in [0.4, 0.5) is 5.69 Å². The maximum Gasteiger partial charge on any atom is 0.261 e. The highest BCUT2D eigenvalue weighted by Gasteiger charge is 2.25. The molecule has 1 amide bonds. The number of benzene rings is 1. The smallest absolute Gasteiger partial charge is 0.261 e. The van der Waals surface area contributed by atoms with Gasteiger partial charge in [-0.05, 0) is 50.9 Å². The van der Waals surface area contributed by atoms with Crippen LogP contribution in [-0.2, 0) is 4.79 Å². The van der Waals surface area contributed by atoms with Crippen LogP contribution in [0.3, 0.4) is 0 Å². The highest BCUT2D eigenvalue weighted by Crippen LogP contribution is 2.31. The molecule has 2 unspecified atom stereocenters. The summed E-state index contributed by atoms with van der Waals surface area (Å²) in [6, 6.07) is 10.2. The second-order valence-electron chi connectivity index (χ2n) is 11.8. The number of thioether (sulfide) groups is 1. The molecule has 1 aromatic rings. The molecule has 0 saturated carbocycles. The van der Waals surface area contributed by atoms with Gasteiger partial charge in [-0.3, -0.25) is 4.79 Å². The summed E-state index contributed by atoms with van der Waals surface area (Å²) in [7, 11) is 2.04. The normalized spacial score (nSPS) is 18.6. The van der Waals surface area contributed by atoms with Crippen LogP contribution in [0, 0.1) is 30.1 Å². The molecule has 0 aliphatic carbocycles. The minimum atomic E-state index is -0.390. The van der Waals surface area contributed by atoms with E-state index in [0.29, 0.717) is 40.6 Å². The SMILES string of the molecule is C#CC1/C=C\C=C/CS/C(C(=O)N(CCN(C)c2ccccc2)CC(C)C)=C\1Cl.C/C=C(/C)C(C)CN(CC)CC.CCCC. The number of rotatable bonds is 13. The van der Waals surface area contributed by atoms with Crippen LogP contribution >= 0.6 is 23.4 Å². The summed E-state index contributed by atoms with van der Waals surface area (Å²) in [5.41, 5.74) is 2.63. The summed E-state index contributed by atoms with van der Waals surface area (Å²) in [5.74, 6) is 3.98. The van der Waals surface area contributed by atoms with E-state index in [4.69, 9.17) is 18.0 Å². The Labute approximate surface area is 287 Å². The quantitative estimate of drug-likeness (QED) is 0.156. The van der Waals surface area contributed by atoms with E-state index >= 15 is 0 Å². The van der Waals surface area contributed by atoms with Gasteiger partial charge in [-0.2, -0.15) is 0 Å². The first kappa shape index (κ1) is 42.6. The molecule has 1 heterocycles. The molecule has 45 heavy (non-hydrogen) atoms. The van der Waals surface area contributed by atoms with Gasteiger partial charge in [0.25, 0.3) is 5.91 Å². The zero-order chi connectivity index (χ0) is 34.2. The number of hydrogen-bond donors (Lipinski definition) is 0. The standard InChI is InChI=1S/C24H29ClN2OS.C11H23N.C4H10/c1-5-20-12-8-7-11-17-29-23(22(20)25)24(28)27(18-19(2)3)16-15-26(4)21-13-9-6-10-14-21;1-6-10(4)11(5)9-12(7-2)8-3;1-3-4-2/h1,6-14,19-20H,15-18H2,2-4H3;6,11H,7-9H2,1-5H3;3-4H2,1-2H3/b11-7-,12-8-,23-22+;10-6-;. The number of nitrogens with zero attached hydrogens (tertiary/aromatic N) is 3. The molecule has 2 rings (SSSR count). The molecule has 1 aliphatic rings. The molecule has 0 fully saturated rings. The number of hydrogen-bond acceptors (Lipinski definition) is 4. The van der Waals surface area contributed by atoms with E-state index in [0.717, 1.165) is 25.3 Å². The molecule has 0 saturated heterocycles. The van der Waals surface area contributed by atoms with Crippen LogP contribution in [0.1, 0.15) is 75.2 Å². The van der Waals surface area contributed by atoms with Gasteiger partial charge in [0.05, 0.1) is 15.9 Å². The van der Waals surface area contributed by atoms with Crippen molar-refractivity contribution in [2.24, 2.45) is 17.8 Å². The fourth-order valence-electron chi connectivity index (χ4n) is 4.27. The number of allylic oxidation sites excluding steroid dienone is 5. The Balaban J connectivity index is 0.00000100. The Morgan fingerprint density at radius 1 is 1.04 bits per heavy atom. The number of carbonyl (C=O) groups is 1. The number of carbonyl (C=O) groups excluding carboxylic acids is 1. The lowest BCUT2D eigenvalue weighted by Gasteiger charge is -2.29. The van der Waals surface area contributed by atoms with E-state index in [1.807, 2.05) is 54.5 Å². The first-order chi connectivity index (χ1) is 21.5. The topological polar surface area (TPSA) is 26.8 Å². The molecule has 0 spiro atoms. The Hall–Kier alpha value is -2.39. The summed E-state index contributed by atoms with van der Waals surface area (Å²) < 4.78 is 0. The number of unbranched alkanes of at least 4 members (excludes halogenated alkanes) is 1. The second kappa shape index (κ2) is 25.8. The number of amides is 1. The third-order valence-electron chi connectivity index (χ3n) is 7.67. The zero-order valence-electron chi connectivity index (χ0n) is 30.0. The lowest BCUT2D eigenvalue weighted by molar-refractivity contribution is -0.126. The second-order valence-corrected chi connectivity index (χ2v) is 13.2. The summed E-state index contributed by atoms with van der Waals surface area (Å²) in [6.45, 7) is 25.2. The number of para-hydroxylation sites is 1. The summed E-state index contributed by atoms with van der Waals surface area (Å²) in [4.78, 5) is 20.5. The van der Waals surface area contributed by atoms with Crippen molar-refractivity contribution in [3.8, 4) is 12.3 Å². The van der Waals surface area contributed by atoms with E-state index in [9.17, 15) is 4.79 Å². The lowest BCUT2D eigenvalue weighted by Crippen LogP contribution is -2.40. The summed E-state index contributed by atoms with van der Waals surface area (Å²) in [5, 5.41) is 0.438. The van der Waals surface area contributed by atoms with Gasteiger partial charge in [0, 0.05) is 44.7 Å². The van der Waals surface area contributed by atoms with Gasteiger partial charge in [0.2, 0.25) is 0 Å². The van der Waals surface area contributed by atoms with Crippen molar-refractivity contribution in [3.05, 3.63) is 76.2 Å². The highest BCUT2D eigenvalue weighted by molar-refractivity contribution is 8.04. The van der Waals surface area contributed by atoms with Crippen molar-refractivity contribution < 1.29 is 4.79 Å². The number of terminal acetylenes is 1. The van der Waals surface area contributed by atoms with E-state index in [2.05, 4.69) is 96.2 Å². The first-order valence-corrected chi connectivity index (χ1v) is 18.1. The molecule has 0 bridgehead atoms. The zero-order valence-corrected chi connectivity index (χ0v) is 31.6. The first-order valence-electron chi connectivity index (χ1n) is 16.7. The van der Waals surface area contributed by atoms with Gasteiger partial charge in [-0.1, -0.05) is 133 Å². The average Bonchev–Trinajstić information content (AvgIpc) is 3.15. The highest BCUT2D eigenvalue weighted by atomic mass is 35.5. The van der Waals surface area contributed by atoms with Crippen LogP contribution in [0.25, 0.3) is 0 Å². The van der Waals surface area contributed by atoms with Crippen LogP contribution in [0.2, 0.25) is 0 Å². The van der Waals surface area contributed by atoms with E-state index in [1.165, 1.54) is 36.7 Å². The van der Waals surface area contributed by atoms with Crippen LogP contribution in [0.15, 0.2) is 76.2 Å². The molecule has 0 N–H and O–H groups in total. The van der Waals surface area contributed by atoms with Gasteiger partial charge in [0.1, 0.15) is 0 Å². The van der Waals surface area contributed by atoms with Crippen molar-refractivity contribution in [3.63, 3.8) is 0 Å². The largest absolute Gasteiger partial charge is 0.373 e. The number of halogens is 1. The molecule has 1 aromatic carbocycles. The van der Waals surface area contributed by atoms with Gasteiger partial charge in [0.15, 0.2) is 0 Å². The lowest BCUT2D eigenvalue weighted by atomic mass is 10.0. The summed E-state index contributed by atoms with van der Waals surface area (Å²) in [6.07, 6.45) is 18.2. The van der Waals surface area contributed by atoms with Crippen molar-refractivity contribution in [1.82, 2.24) is 9.80 Å². The molecule has 1 aliphatic heterocycles. The van der Waals surface area contributed by atoms with Crippen molar-refractivity contribution in [2.75, 3.05) is 57.0 Å². The molecule has 6 heteroatoms. The van der Waals surface area contributed by atoms with Crippen molar-refractivity contribution in [2.45, 2.75) is 75.2 Å². The van der Waals surface area contributed by atoms with E-state index in [-0.39, 0.29) is 5.91 Å². The molecule has 0 radical (unpaired) electrons. The molecule has 0 aromatic heterocycles. The van der Waals surface area contributed by atoms with E-state index < -0.39 is 5.92 Å². The maximum atomic E-state index is 13.5. The Morgan fingerprint density at radius 2 is 1.67 bits per heavy atom. The number of likely N-dealkylation sites (N-methyl/N-ethyl adjacent to an activating group) is 1. The predicted molar refractivity (Wildman–Crippen MR) is 204 cm³/mol. The molecule has 4 nitrogen and oxygen atoms in total. The third-order valence-corrected chi connectivity index (χ3v) is 9.25. The molecule has 252 valence electrons. The Bertz CT molecular complexity index is 1100. The number of anilines is 1. The molecular weight excluding hydrogens is 594 g/mol. The van der Waals surface area contributed by atoms with Gasteiger partial charge in [-0.15, -0.1) is 18.2 Å². The van der Waals surface area contributed by atoms with Gasteiger partial charge < -0.3 is 14.7 Å². The van der Waals surface area contributed by atoms with Crippen LogP contribution in [0.5, 0.6) is 0 Å². The minimum absolute atomic E-state index is 0.0425. The predicted octanol–water partition coefficient (Wildman–Crippen LogP) is 9.90. The van der Waals surface area contributed by atoms with Crippen molar-refractivity contribution >= 4 is 35.0 Å². The monoisotopic (exact) mass is 655 g/mol. The van der Waals surface area contributed by atoms with E-state index in [1.54, 1.807) is 0 Å². The fraction of sp³-hybridized carbons (Fsp3) is 0.564. The fourth-order valence-corrected chi connectivity index (χ4v) is 5.54. The summed E-state index contributed by atoms with van der Waals surface area (Å²) >= 11 is 8.06. The average molecular weight is 656 g/mol. The van der Waals surface area contributed by atoms with Gasteiger partial charge >= 0.3 is 0 Å². The van der Waals surface area contributed by atoms with Crippen LogP contribution < -0.4 is 4.90 Å². The molecular formula is C39H62ClN3OS. The van der Waals surface area contributed by atoms with Crippen molar-refractivity contribution in [1.29, 1.82) is 0 Å². The van der Waals surface area contributed by atoms with Gasteiger partial charge in [-0.25, -0.2) is 0 Å².